The van der Waals surface area contributed by atoms with Gasteiger partial charge in [0.05, 0.1) is 32.8 Å². The van der Waals surface area contributed by atoms with Gasteiger partial charge in [0, 0.05) is 27.7 Å². The maximum atomic E-state index is 13.0. The first-order valence-electron chi connectivity index (χ1n) is 9.87. The van der Waals surface area contributed by atoms with E-state index in [1.165, 1.54) is 38.4 Å². The van der Waals surface area contributed by atoms with Crippen LogP contribution in [0.2, 0.25) is 0 Å². The predicted molar refractivity (Wildman–Crippen MR) is 121 cm³/mol. The van der Waals surface area contributed by atoms with Crippen molar-refractivity contribution in [2.45, 2.75) is 41.7 Å². The average molecular weight is 468 g/mol. The van der Waals surface area contributed by atoms with Crippen molar-refractivity contribution in [3.63, 3.8) is 0 Å². The number of hydrogen-bond donors (Lipinski definition) is 1. The average Bonchev–Trinajstić information content (AvgIpc) is 3.06. The Balaban J connectivity index is 1.89. The topological polar surface area (TPSA) is 96.0 Å². The first-order valence-corrected chi connectivity index (χ1v) is 12.8. The minimum atomic E-state index is -3.92. The minimum Gasteiger partial charge on any atom is -0.373 e. The lowest BCUT2D eigenvalue weighted by Crippen LogP contribution is -2.45. The number of benzene rings is 2. The van der Waals surface area contributed by atoms with E-state index in [0.29, 0.717) is 12.3 Å². The van der Waals surface area contributed by atoms with Crippen molar-refractivity contribution >= 4 is 31.4 Å². The van der Waals surface area contributed by atoms with Crippen LogP contribution in [0.5, 0.6) is 0 Å². The lowest BCUT2D eigenvalue weighted by molar-refractivity contribution is 0.0276. The van der Waals surface area contributed by atoms with Crippen molar-refractivity contribution in [2.24, 2.45) is 0 Å². The third kappa shape index (κ3) is 4.72. The fraction of sp³-hybridized carbons (Fsp3) is 0.429. The highest BCUT2D eigenvalue weighted by atomic mass is 32.2. The van der Waals surface area contributed by atoms with Crippen LogP contribution in [0.1, 0.15) is 20.3 Å². The second-order valence-corrected chi connectivity index (χ2v) is 12.1. The van der Waals surface area contributed by atoms with Gasteiger partial charge in [-0.05, 0) is 56.7 Å². The van der Waals surface area contributed by atoms with Crippen LogP contribution >= 0.6 is 0 Å². The molecule has 0 amide bonds. The molecule has 0 saturated carbocycles. The molecule has 31 heavy (non-hydrogen) atoms. The molecule has 1 saturated heterocycles. The molecule has 0 bridgehead atoms. The van der Waals surface area contributed by atoms with Crippen molar-refractivity contribution < 1.29 is 21.6 Å². The maximum Gasteiger partial charge on any atom is 0.261 e. The van der Waals surface area contributed by atoms with Crippen LogP contribution in [0.25, 0.3) is 0 Å². The van der Waals surface area contributed by atoms with Crippen LogP contribution in [0.3, 0.4) is 0 Å². The molecular weight excluding hydrogens is 438 g/mol. The summed E-state index contributed by atoms with van der Waals surface area (Å²) in [7, 11) is -2.79. The molecule has 1 atom stereocenters. The normalized spacial score (nSPS) is 18.8. The zero-order valence-electron chi connectivity index (χ0n) is 18.4. The third-order valence-corrected chi connectivity index (χ3v) is 8.79. The summed E-state index contributed by atoms with van der Waals surface area (Å²) in [6.07, 6.45) is 0.840. The van der Waals surface area contributed by atoms with Crippen molar-refractivity contribution in [3.05, 3.63) is 48.5 Å². The molecule has 1 fully saturated rings. The molecule has 1 heterocycles. The van der Waals surface area contributed by atoms with E-state index in [0.717, 1.165) is 16.4 Å². The van der Waals surface area contributed by atoms with Gasteiger partial charge in [0.2, 0.25) is 10.0 Å². The van der Waals surface area contributed by atoms with Crippen LogP contribution in [-0.4, -0.2) is 60.5 Å². The van der Waals surface area contributed by atoms with Crippen molar-refractivity contribution in [3.8, 4) is 0 Å². The van der Waals surface area contributed by atoms with E-state index in [-0.39, 0.29) is 21.4 Å². The van der Waals surface area contributed by atoms with Crippen molar-refractivity contribution in [1.82, 2.24) is 4.31 Å². The lowest BCUT2D eigenvalue weighted by atomic mass is 9.97. The van der Waals surface area contributed by atoms with E-state index < -0.39 is 20.0 Å². The van der Waals surface area contributed by atoms with Gasteiger partial charge in [0.25, 0.3) is 10.0 Å². The Hall–Kier alpha value is -2.14. The number of nitrogens with zero attached hydrogens (tertiary/aromatic N) is 2. The van der Waals surface area contributed by atoms with Crippen LogP contribution < -0.4 is 9.62 Å². The fourth-order valence-corrected chi connectivity index (χ4v) is 5.75. The maximum absolute atomic E-state index is 13.0. The Morgan fingerprint density at radius 3 is 2.06 bits per heavy atom. The highest BCUT2D eigenvalue weighted by molar-refractivity contribution is 7.92. The van der Waals surface area contributed by atoms with Gasteiger partial charge in [-0.2, -0.15) is 0 Å². The summed E-state index contributed by atoms with van der Waals surface area (Å²) in [5.74, 6) is 0. The van der Waals surface area contributed by atoms with Gasteiger partial charge < -0.3 is 9.64 Å². The van der Waals surface area contributed by atoms with Gasteiger partial charge in [-0.15, -0.1) is 0 Å². The number of ether oxygens (including phenoxy) is 1. The molecular formula is C21H29N3O5S2. The number of rotatable bonds is 7. The molecule has 0 spiro atoms. The van der Waals surface area contributed by atoms with Crippen LogP contribution in [0.15, 0.2) is 58.3 Å². The van der Waals surface area contributed by atoms with E-state index in [1.54, 1.807) is 12.1 Å². The van der Waals surface area contributed by atoms with Gasteiger partial charge in [-0.25, -0.2) is 21.1 Å². The minimum absolute atomic E-state index is 0.0211. The van der Waals surface area contributed by atoms with Crippen LogP contribution in [0.4, 0.5) is 11.4 Å². The van der Waals surface area contributed by atoms with Gasteiger partial charge >= 0.3 is 0 Å². The third-order valence-electron chi connectivity index (χ3n) is 5.58. The van der Waals surface area contributed by atoms with Gasteiger partial charge in [0.1, 0.15) is 0 Å². The molecule has 1 aliphatic heterocycles. The molecule has 3 rings (SSSR count). The second-order valence-electron chi connectivity index (χ2n) is 8.25. The van der Waals surface area contributed by atoms with E-state index >= 15 is 0 Å². The smallest absolute Gasteiger partial charge is 0.261 e. The Kier molecular flexibility index (Phi) is 6.39. The van der Waals surface area contributed by atoms with E-state index in [1.807, 2.05) is 37.9 Å². The van der Waals surface area contributed by atoms with E-state index in [4.69, 9.17) is 4.74 Å². The highest BCUT2D eigenvalue weighted by Crippen LogP contribution is 2.35. The monoisotopic (exact) mass is 467 g/mol. The standard InChI is InChI=1S/C21H29N3O5S2/c1-21(2)20(14-15-29-21)24(5)19-9-7-6-8-18(19)22-30(25,26)16-10-12-17(13-11-16)31(27,28)23(3)4/h6-13,20,22H,14-15H2,1-5H3. The zero-order chi connectivity index (χ0) is 23.0. The van der Waals surface area contributed by atoms with E-state index in [9.17, 15) is 16.8 Å². The Labute approximate surface area is 184 Å². The summed E-state index contributed by atoms with van der Waals surface area (Å²) in [4.78, 5) is 2.05. The number of nitrogens with one attached hydrogen (secondary N) is 1. The quantitative estimate of drug-likeness (QED) is 0.673. The first kappa shape index (κ1) is 23.5. The van der Waals surface area contributed by atoms with Crippen LogP contribution in [0, 0.1) is 0 Å². The second kappa shape index (κ2) is 8.42. The Bertz CT molecular complexity index is 1140. The summed E-state index contributed by atoms with van der Waals surface area (Å²) in [6, 6.07) is 12.4. The lowest BCUT2D eigenvalue weighted by Gasteiger charge is -2.36. The number of para-hydroxylation sites is 2. The van der Waals surface area contributed by atoms with Gasteiger partial charge in [-0.3, -0.25) is 4.72 Å². The first-order chi connectivity index (χ1) is 14.4. The van der Waals surface area contributed by atoms with Crippen molar-refractivity contribution in [2.75, 3.05) is 37.4 Å². The molecule has 2 aromatic rings. The summed E-state index contributed by atoms with van der Waals surface area (Å²) < 4.78 is 60.0. The summed E-state index contributed by atoms with van der Waals surface area (Å²) >= 11 is 0. The predicted octanol–water partition coefficient (Wildman–Crippen LogP) is 2.74. The van der Waals surface area contributed by atoms with Crippen LogP contribution in [-0.2, 0) is 24.8 Å². The molecule has 10 heteroatoms. The fourth-order valence-electron chi connectivity index (χ4n) is 3.78. The number of anilines is 2. The molecule has 1 aliphatic rings. The summed E-state index contributed by atoms with van der Waals surface area (Å²) in [5.41, 5.74) is 0.827. The van der Waals surface area contributed by atoms with Gasteiger partial charge in [-0.1, -0.05) is 12.1 Å². The molecule has 1 N–H and O–H groups in total. The Morgan fingerprint density at radius 1 is 0.935 bits per heavy atom. The summed E-state index contributed by atoms with van der Waals surface area (Å²) in [6.45, 7) is 4.70. The molecule has 170 valence electrons. The molecule has 8 nitrogen and oxygen atoms in total. The molecule has 1 unspecified atom stereocenters. The molecule has 0 radical (unpaired) electrons. The Morgan fingerprint density at radius 2 is 1.52 bits per heavy atom. The van der Waals surface area contributed by atoms with Crippen molar-refractivity contribution in [1.29, 1.82) is 0 Å². The van der Waals surface area contributed by atoms with Gasteiger partial charge in [0.15, 0.2) is 0 Å². The largest absolute Gasteiger partial charge is 0.373 e. The number of sulfonamides is 2. The number of hydrogen-bond acceptors (Lipinski definition) is 6. The SMILES string of the molecule is CN(c1ccccc1NS(=O)(=O)c1ccc(S(=O)(=O)N(C)C)cc1)C1CCOC1(C)C. The number of likely N-dealkylation sites (N-methyl/N-ethyl adjacent to an activating group) is 1. The summed E-state index contributed by atoms with van der Waals surface area (Å²) in [5, 5.41) is 0. The zero-order valence-corrected chi connectivity index (χ0v) is 20.0. The van der Waals surface area contributed by atoms with E-state index in [2.05, 4.69) is 4.72 Å². The molecule has 0 aliphatic carbocycles. The molecule has 0 aromatic heterocycles. The molecule has 2 aromatic carbocycles. The highest BCUT2D eigenvalue weighted by Gasteiger charge is 2.39.